The van der Waals surface area contributed by atoms with Crippen LogP contribution in [0.5, 0.6) is 0 Å². The first kappa shape index (κ1) is 20.3. The number of nitrogen functional groups attached to an aromatic ring is 1. The average Bonchev–Trinajstić information content (AvgIpc) is 3.15. The number of nitrogens with zero attached hydrogens (tertiary/aromatic N) is 6. The summed E-state index contributed by atoms with van der Waals surface area (Å²) >= 11 is 0. The lowest BCUT2D eigenvalue weighted by atomic mass is 10.1. The van der Waals surface area contributed by atoms with Crippen molar-refractivity contribution in [2.45, 2.75) is 19.9 Å². The minimum atomic E-state index is -0.638. The van der Waals surface area contributed by atoms with Gasteiger partial charge in [-0.3, -0.25) is 14.2 Å². The van der Waals surface area contributed by atoms with Crippen LogP contribution in [0.15, 0.2) is 65.7 Å². The predicted molar refractivity (Wildman–Crippen MR) is 123 cm³/mol. The number of amides is 1. The van der Waals surface area contributed by atoms with E-state index >= 15 is 0 Å². The van der Waals surface area contributed by atoms with Gasteiger partial charge in [0.25, 0.3) is 11.5 Å². The summed E-state index contributed by atoms with van der Waals surface area (Å²) in [6, 6.07) is 14.1. The van der Waals surface area contributed by atoms with Gasteiger partial charge >= 0.3 is 0 Å². The number of aromatic nitrogens is 6. The lowest BCUT2D eigenvalue weighted by Crippen LogP contribution is -2.33. The van der Waals surface area contributed by atoms with Gasteiger partial charge in [0.1, 0.15) is 11.4 Å². The molecule has 0 aliphatic carbocycles. The van der Waals surface area contributed by atoms with Crippen molar-refractivity contribution in [2.24, 2.45) is 0 Å². The van der Waals surface area contributed by atoms with Gasteiger partial charge in [0.15, 0.2) is 11.5 Å². The zero-order valence-corrected chi connectivity index (χ0v) is 17.9. The smallest absolute Gasteiger partial charge is 0.266 e. The number of benzene rings is 2. The van der Waals surface area contributed by atoms with Gasteiger partial charge < -0.3 is 11.1 Å². The maximum Gasteiger partial charge on any atom is 0.266 e. The maximum absolute atomic E-state index is 13.6. The third-order valence-corrected chi connectivity index (χ3v) is 5.45. The molecule has 0 radical (unpaired) electrons. The third-order valence-electron chi connectivity index (χ3n) is 5.45. The molecule has 5 rings (SSSR count). The molecule has 0 aliphatic rings. The third kappa shape index (κ3) is 3.37. The zero-order valence-electron chi connectivity index (χ0n) is 17.9. The highest BCUT2D eigenvalue weighted by atomic mass is 16.2. The molecule has 3 N–H and O–H groups in total. The first-order valence-electron chi connectivity index (χ1n) is 10.3. The van der Waals surface area contributed by atoms with E-state index in [0.717, 1.165) is 5.56 Å². The van der Waals surface area contributed by atoms with Crippen molar-refractivity contribution in [3.8, 4) is 5.69 Å². The Kier molecular flexibility index (Phi) is 4.82. The molecule has 3 heterocycles. The van der Waals surface area contributed by atoms with Crippen LogP contribution in [-0.2, 0) is 0 Å². The molecule has 0 bridgehead atoms. The molecule has 164 valence electrons. The number of rotatable bonds is 4. The summed E-state index contributed by atoms with van der Waals surface area (Å²) < 4.78 is 2.92. The van der Waals surface area contributed by atoms with Gasteiger partial charge in [0.2, 0.25) is 0 Å². The number of nitrogens with two attached hydrogens (primary N) is 1. The standard InChI is InChI=1S/C23H20N8O2/c1-13-7-6-10-16-17(13)23(33)31(15-8-4-3-5-9-15)20(27-16)14(2)26-22(32)18-19(24)29-30-12-11-25-28-21(18)30/h3-12,14H,1-2H3,(H2,24,29)(H,26,32)/t14-/m0/s1. The van der Waals surface area contributed by atoms with Crippen LogP contribution in [0, 0.1) is 6.92 Å². The van der Waals surface area contributed by atoms with E-state index in [1.54, 1.807) is 19.2 Å². The van der Waals surface area contributed by atoms with Gasteiger partial charge in [-0.25, -0.2) is 9.50 Å². The summed E-state index contributed by atoms with van der Waals surface area (Å²) in [6.45, 7) is 3.63. The first-order chi connectivity index (χ1) is 16.0. The second kappa shape index (κ2) is 7.83. The molecular weight excluding hydrogens is 420 g/mol. The second-order valence-electron chi connectivity index (χ2n) is 7.65. The van der Waals surface area contributed by atoms with E-state index in [2.05, 4.69) is 20.6 Å². The van der Waals surface area contributed by atoms with Crippen molar-refractivity contribution in [3.63, 3.8) is 0 Å². The Labute approximate surface area is 187 Å². The highest BCUT2D eigenvalue weighted by Gasteiger charge is 2.24. The minimum Gasteiger partial charge on any atom is -0.381 e. The summed E-state index contributed by atoms with van der Waals surface area (Å²) in [5.74, 6) is -0.0739. The van der Waals surface area contributed by atoms with Crippen molar-refractivity contribution in [1.82, 2.24) is 34.7 Å². The van der Waals surface area contributed by atoms with Crippen LogP contribution in [0.3, 0.4) is 0 Å². The summed E-state index contributed by atoms with van der Waals surface area (Å²) in [4.78, 5) is 31.5. The van der Waals surface area contributed by atoms with Crippen LogP contribution < -0.4 is 16.6 Å². The van der Waals surface area contributed by atoms with Gasteiger partial charge in [-0.2, -0.15) is 5.10 Å². The second-order valence-corrected chi connectivity index (χ2v) is 7.65. The molecule has 0 spiro atoms. The molecular formula is C23H20N8O2. The topological polar surface area (TPSA) is 133 Å². The highest BCUT2D eigenvalue weighted by Crippen LogP contribution is 2.21. The quantitative estimate of drug-likeness (QED) is 0.438. The van der Waals surface area contributed by atoms with Crippen molar-refractivity contribution in [3.05, 3.63) is 88.2 Å². The van der Waals surface area contributed by atoms with Crippen molar-refractivity contribution in [2.75, 3.05) is 5.73 Å². The number of anilines is 1. The van der Waals surface area contributed by atoms with E-state index in [4.69, 9.17) is 10.7 Å². The Morgan fingerprint density at radius 3 is 2.70 bits per heavy atom. The van der Waals surface area contributed by atoms with Gasteiger partial charge in [-0.05, 0) is 37.6 Å². The molecule has 0 saturated heterocycles. The van der Waals surface area contributed by atoms with Crippen molar-refractivity contribution >= 4 is 28.3 Å². The van der Waals surface area contributed by atoms with Crippen molar-refractivity contribution < 1.29 is 4.79 Å². The maximum atomic E-state index is 13.6. The fraction of sp³-hybridized carbons (Fsp3) is 0.130. The van der Waals surface area contributed by atoms with Crippen LogP contribution in [0.25, 0.3) is 22.2 Å². The normalized spacial score (nSPS) is 12.2. The van der Waals surface area contributed by atoms with Crippen LogP contribution in [0.1, 0.15) is 34.7 Å². The Bertz CT molecular complexity index is 1570. The summed E-state index contributed by atoms with van der Waals surface area (Å²) in [7, 11) is 0. The van der Waals surface area contributed by atoms with Crippen LogP contribution >= 0.6 is 0 Å². The van der Waals surface area contributed by atoms with Gasteiger partial charge in [0, 0.05) is 0 Å². The first-order valence-corrected chi connectivity index (χ1v) is 10.3. The van der Waals surface area contributed by atoms with Crippen molar-refractivity contribution in [1.29, 1.82) is 0 Å². The Balaban J connectivity index is 1.64. The monoisotopic (exact) mass is 440 g/mol. The average molecular weight is 440 g/mol. The molecule has 5 aromatic rings. The van der Waals surface area contributed by atoms with E-state index in [-0.39, 0.29) is 22.6 Å². The number of hydrogen-bond acceptors (Lipinski definition) is 7. The number of fused-ring (bicyclic) bond motifs is 2. The SMILES string of the molecule is Cc1cccc2nc([C@H](C)NC(=O)c3c(N)nn4ccnnc34)n(-c3ccccc3)c(=O)c12. The fourth-order valence-electron chi connectivity index (χ4n) is 3.90. The molecule has 10 heteroatoms. The lowest BCUT2D eigenvalue weighted by Gasteiger charge is -2.20. The Hall–Kier alpha value is -4.60. The van der Waals surface area contributed by atoms with E-state index in [1.165, 1.54) is 15.3 Å². The zero-order chi connectivity index (χ0) is 23.1. The number of carbonyl (C=O) groups excluding carboxylic acids is 1. The van der Waals surface area contributed by atoms with E-state index < -0.39 is 11.9 Å². The molecule has 3 aromatic heterocycles. The Morgan fingerprint density at radius 1 is 1.12 bits per heavy atom. The van der Waals surface area contributed by atoms with Gasteiger partial charge in [-0.15, -0.1) is 10.2 Å². The minimum absolute atomic E-state index is 0.0303. The van der Waals surface area contributed by atoms with Crippen LogP contribution in [0.2, 0.25) is 0 Å². The molecule has 2 aromatic carbocycles. The highest BCUT2D eigenvalue weighted by molar-refractivity contribution is 6.04. The summed E-state index contributed by atoms with van der Waals surface area (Å²) in [6.07, 6.45) is 3.00. The molecule has 0 unspecified atom stereocenters. The number of hydrogen-bond donors (Lipinski definition) is 2. The molecule has 1 amide bonds. The summed E-state index contributed by atoms with van der Waals surface area (Å²) in [5, 5.41) is 15.3. The van der Waals surface area contributed by atoms with E-state index in [0.29, 0.717) is 22.4 Å². The lowest BCUT2D eigenvalue weighted by molar-refractivity contribution is 0.0940. The molecule has 0 aliphatic heterocycles. The van der Waals surface area contributed by atoms with Gasteiger partial charge in [0.05, 0.1) is 35.0 Å². The van der Waals surface area contributed by atoms with E-state index in [1.807, 2.05) is 49.4 Å². The fourth-order valence-corrected chi connectivity index (χ4v) is 3.90. The molecule has 0 saturated carbocycles. The predicted octanol–water partition coefficient (Wildman–Crippen LogP) is 2.21. The largest absolute Gasteiger partial charge is 0.381 e. The molecule has 0 fully saturated rings. The van der Waals surface area contributed by atoms with Crippen LogP contribution in [0.4, 0.5) is 5.82 Å². The number of para-hydroxylation sites is 1. The number of carbonyl (C=O) groups is 1. The molecule has 1 atom stereocenters. The number of aryl methyl sites for hydroxylation is 1. The molecule has 10 nitrogen and oxygen atoms in total. The van der Waals surface area contributed by atoms with Gasteiger partial charge in [-0.1, -0.05) is 30.3 Å². The van der Waals surface area contributed by atoms with Crippen LogP contribution in [-0.4, -0.2) is 35.3 Å². The van der Waals surface area contributed by atoms with E-state index in [9.17, 15) is 9.59 Å². The summed E-state index contributed by atoms with van der Waals surface area (Å²) in [5.41, 5.74) is 8.16. The Morgan fingerprint density at radius 2 is 1.91 bits per heavy atom. The number of nitrogens with one attached hydrogen (secondary N) is 1. The molecule has 33 heavy (non-hydrogen) atoms.